The van der Waals surface area contributed by atoms with Crippen LogP contribution in [0.5, 0.6) is 0 Å². The summed E-state index contributed by atoms with van der Waals surface area (Å²) in [5.74, 6) is 0.0662. The van der Waals surface area contributed by atoms with Gasteiger partial charge in [-0.25, -0.2) is 0 Å². The first kappa shape index (κ1) is 23.7. The number of carbonyl (C=O) groups is 2. The molecule has 0 spiro atoms. The van der Waals surface area contributed by atoms with Gasteiger partial charge in [0.1, 0.15) is 6.04 Å². The number of hydrogen-bond acceptors (Lipinski definition) is 4. The summed E-state index contributed by atoms with van der Waals surface area (Å²) >= 11 is 0. The average Bonchev–Trinajstić information content (AvgIpc) is 2.82. The second-order valence-corrected chi connectivity index (χ2v) is 8.55. The number of hydrogen-bond donors (Lipinski definition) is 3. The zero-order valence-corrected chi connectivity index (χ0v) is 19.2. The van der Waals surface area contributed by atoms with Crippen LogP contribution in [0.25, 0.3) is 0 Å². The number of carbonyl (C=O) groups excluding carboxylic acids is 2. The molecular weight excluding hydrogens is 400 g/mol. The lowest BCUT2D eigenvalue weighted by atomic mass is 9.85. The third-order valence-corrected chi connectivity index (χ3v) is 6.30. The van der Waals surface area contributed by atoms with Crippen LogP contribution in [0.1, 0.15) is 56.2 Å². The maximum Gasteiger partial charge on any atom is 0.242 e. The molecule has 3 rings (SSSR count). The molecule has 170 valence electrons. The summed E-state index contributed by atoms with van der Waals surface area (Å²) in [4.78, 5) is 27.9. The van der Waals surface area contributed by atoms with Crippen molar-refractivity contribution in [2.24, 2.45) is 0 Å². The Morgan fingerprint density at radius 1 is 1.12 bits per heavy atom. The molecule has 0 saturated carbocycles. The second-order valence-electron chi connectivity index (χ2n) is 8.55. The summed E-state index contributed by atoms with van der Waals surface area (Å²) in [6.07, 6.45) is 1.80. The van der Waals surface area contributed by atoms with Gasteiger partial charge in [-0.05, 0) is 62.4 Å². The van der Waals surface area contributed by atoms with Crippen molar-refractivity contribution in [3.05, 3.63) is 71.3 Å². The SMILES string of the molecule is CCN1CC[C@H](c2ccccc2)C[C@@H]1C(=O)N[C@@H](C)C(=O)NCc1ccc(C(C)=N)cc1. The highest BCUT2D eigenvalue weighted by Gasteiger charge is 2.34. The van der Waals surface area contributed by atoms with E-state index in [1.165, 1.54) is 5.56 Å². The smallest absolute Gasteiger partial charge is 0.242 e. The molecule has 2 aromatic carbocycles. The number of rotatable bonds is 8. The minimum atomic E-state index is -0.610. The van der Waals surface area contributed by atoms with Gasteiger partial charge in [0.2, 0.25) is 11.8 Å². The molecule has 0 unspecified atom stereocenters. The van der Waals surface area contributed by atoms with Gasteiger partial charge < -0.3 is 16.0 Å². The number of benzene rings is 2. The topological polar surface area (TPSA) is 85.3 Å². The summed E-state index contributed by atoms with van der Waals surface area (Å²) in [6.45, 7) is 7.62. The average molecular weight is 435 g/mol. The fourth-order valence-electron chi connectivity index (χ4n) is 4.28. The summed E-state index contributed by atoms with van der Waals surface area (Å²) in [6, 6.07) is 17.1. The van der Waals surface area contributed by atoms with Crippen LogP contribution in [0.3, 0.4) is 0 Å². The maximum absolute atomic E-state index is 13.1. The number of nitrogens with zero attached hydrogens (tertiary/aromatic N) is 1. The van der Waals surface area contributed by atoms with Gasteiger partial charge in [0.25, 0.3) is 0 Å². The van der Waals surface area contributed by atoms with Crippen molar-refractivity contribution >= 4 is 17.5 Å². The van der Waals surface area contributed by atoms with E-state index < -0.39 is 6.04 Å². The Morgan fingerprint density at radius 2 is 1.81 bits per heavy atom. The molecule has 0 radical (unpaired) electrons. The van der Waals surface area contributed by atoms with Gasteiger partial charge in [-0.3, -0.25) is 14.5 Å². The van der Waals surface area contributed by atoms with Gasteiger partial charge in [0.15, 0.2) is 0 Å². The van der Waals surface area contributed by atoms with E-state index in [1.807, 2.05) is 42.5 Å². The maximum atomic E-state index is 13.1. The van der Waals surface area contributed by atoms with Crippen molar-refractivity contribution < 1.29 is 9.59 Å². The van der Waals surface area contributed by atoms with Gasteiger partial charge in [0.05, 0.1) is 6.04 Å². The largest absolute Gasteiger partial charge is 0.350 e. The summed E-state index contributed by atoms with van der Waals surface area (Å²) in [5.41, 5.74) is 3.60. The lowest BCUT2D eigenvalue weighted by Crippen LogP contribution is -2.54. The predicted molar refractivity (Wildman–Crippen MR) is 128 cm³/mol. The third-order valence-electron chi connectivity index (χ3n) is 6.30. The van der Waals surface area contributed by atoms with Crippen LogP contribution in [-0.2, 0) is 16.1 Å². The van der Waals surface area contributed by atoms with Crippen LogP contribution in [0.4, 0.5) is 0 Å². The Hall–Kier alpha value is -2.99. The van der Waals surface area contributed by atoms with E-state index in [0.29, 0.717) is 18.2 Å². The number of piperidine rings is 1. The van der Waals surface area contributed by atoms with E-state index in [0.717, 1.165) is 37.1 Å². The van der Waals surface area contributed by atoms with Gasteiger partial charge >= 0.3 is 0 Å². The molecule has 0 aromatic heterocycles. The van der Waals surface area contributed by atoms with Gasteiger partial charge in [-0.15, -0.1) is 0 Å². The quantitative estimate of drug-likeness (QED) is 0.556. The molecule has 1 aliphatic heterocycles. The van der Waals surface area contributed by atoms with E-state index in [-0.39, 0.29) is 17.9 Å². The summed E-state index contributed by atoms with van der Waals surface area (Å²) in [7, 11) is 0. The Morgan fingerprint density at radius 3 is 2.44 bits per heavy atom. The van der Waals surface area contributed by atoms with Crippen LogP contribution in [0.15, 0.2) is 54.6 Å². The fourth-order valence-corrected chi connectivity index (χ4v) is 4.28. The van der Waals surface area contributed by atoms with E-state index in [1.54, 1.807) is 13.8 Å². The number of nitrogens with one attached hydrogen (secondary N) is 3. The number of likely N-dealkylation sites (tertiary alicyclic amines) is 1. The standard InChI is InChI=1S/C26H34N4O2/c1-4-30-15-14-23(22-8-6-5-7-9-22)16-24(30)26(32)29-19(3)25(31)28-17-20-10-12-21(13-11-20)18(2)27/h5-13,19,23-24,27H,4,14-17H2,1-3H3,(H,28,31)(H,29,32)/t19-,23-,24+/m0/s1. The second kappa shape index (κ2) is 11.0. The van der Waals surface area contributed by atoms with E-state index >= 15 is 0 Å². The van der Waals surface area contributed by atoms with Gasteiger partial charge in [-0.2, -0.15) is 0 Å². The Labute approximate surface area is 190 Å². The highest BCUT2D eigenvalue weighted by Crippen LogP contribution is 2.31. The molecule has 6 heteroatoms. The normalized spacial score (nSPS) is 19.7. The predicted octanol–water partition coefficient (Wildman–Crippen LogP) is 3.46. The molecule has 1 fully saturated rings. The molecule has 32 heavy (non-hydrogen) atoms. The first-order valence-electron chi connectivity index (χ1n) is 11.4. The highest BCUT2D eigenvalue weighted by molar-refractivity contribution is 5.96. The molecule has 1 saturated heterocycles. The summed E-state index contributed by atoms with van der Waals surface area (Å²) < 4.78 is 0. The molecule has 2 amide bonds. The first-order valence-corrected chi connectivity index (χ1v) is 11.4. The lowest BCUT2D eigenvalue weighted by Gasteiger charge is -2.38. The van der Waals surface area contributed by atoms with Crippen LogP contribution in [-0.4, -0.2) is 47.6 Å². The Kier molecular flexibility index (Phi) is 8.17. The lowest BCUT2D eigenvalue weighted by molar-refractivity contribution is -0.132. The molecule has 3 atom stereocenters. The van der Waals surface area contributed by atoms with E-state index in [2.05, 4.69) is 34.6 Å². The van der Waals surface area contributed by atoms with Gasteiger partial charge in [0, 0.05) is 12.3 Å². The van der Waals surface area contributed by atoms with Crippen LogP contribution in [0.2, 0.25) is 0 Å². The molecule has 2 aromatic rings. The van der Waals surface area contributed by atoms with Crippen LogP contribution in [0, 0.1) is 5.41 Å². The fraction of sp³-hybridized carbons (Fsp3) is 0.423. The van der Waals surface area contributed by atoms with Crippen LogP contribution < -0.4 is 10.6 Å². The van der Waals surface area contributed by atoms with E-state index in [9.17, 15) is 9.59 Å². The Bertz CT molecular complexity index is 927. The monoisotopic (exact) mass is 434 g/mol. The van der Waals surface area contributed by atoms with Crippen molar-refractivity contribution in [3.8, 4) is 0 Å². The highest BCUT2D eigenvalue weighted by atomic mass is 16.2. The van der Waals surface area contributed by atoms with Crippen molar-refractivity contribution in [1.82, 2.24) is 15.5 Å². The number of likely N-dealkylation sites (N-methyl/N-ethyl adjacent to an activating group) is 1. The summed E-state index contributed by atoms with van der Waals surface area (Å²) in [5, 5.41) is 13.5. The van der Waals surface area contributed by atoms with Crippen molar-refractivity contribution in [3.63, 3.8) is 0 Å². The van der Waals surface area contributed by atoms with Gasteiger partial charge in [-0.1, -0.05) is 61.5 Å². The molecule has 3 N–H and O–H groups in total. The minimum Gasteiger partial charge on any atom is -0.350 e. The molecule has 6 nitrogen and oxygen atoms in total. The zero-order valence-electron chi connectivity index (χ0n) is 19.2. The van der Waals surface area contributed by atoms with Crippen molar-refractivity contribution in [2.75, 3.05) is 13.1 Å². The zero-order chi connectivity index (χ0) is 23.1. The van der Waals surface area contributed by atoms with Crippen LogP contribution >= 0.6 is 0 Å². The first-order chi connectivity index (χ1) is 15.4. The molecule has 1 aliphatic rings. The van der Waals surface area contributed by atoms with E-state index in [4.69, 9.17) is 5.41 Å². The third kappa shape index (κ3) is 6.04. The van der Waals surface area contributed by atoms with Crippen molar-refractivity contribution in [2.45, 2.75) is 58.2 Å². The minimum absolute atomic E-state index is 0.0825. The Balaban J connectivity index is 1.55. The molecular formula is C26H34N4O2. The van der Waals surface area contributed by atoms with Crippen molar-refractivity contribution in [1.29, 1.82) is 5.41 Å². The number of amides is 2. The molecule has 0 bridgehead atoms. The molecule has 0 aliphatic carbocycles. The molecule has 1 heterocycles.